The fourth-order valence-corrected chi connectivity index (χ4v) is 5.29. The van der Waals surface area contributed by atoms with Crippen LogP contribution in [0, 0.1) is 3.57 Å². The Morgan fingerprint density at radius 1 is 1.25 bits per heavy atom. The lowest BCUT2D eigenvalue weighted by Gasteiger charge is -2.17. The summed E-state index contributed by atoms with van der Waals surface area (Å²) in [5.74, 6) is 0.490. The summed E-state index contributed by atoms with van der Waals surface area (Å²) in [5.41, 5.74) is 2.06. The molecule has 2 aromatic heterocycles. The number of imidazole rings is 1. The van der Waals surface area contributed by atoms with Crippen LogP contribution >= 0.6 is 46.0 Å². The maximum absolute atomic E-state index is 10.4. The number of hydrogen-bond donors (Lipinski definition) is 4. The molecule has 148 valence electrons. The van der Waals surface area contributed by atoms with Gasteiger partial charge in [-0.05, 0) is 51.9 Å². The van der Waals surface area contributed by atoms with E-state index in [4.69, 9.17) is 11.6 Å². The minimum atomic E-state index is -1.06. The highest BCUT2D eigenvalue weighted by molar-refractivity contribution is 14.1. The number of benzene rings is 1. The number of thioether (sulfide) groups is 1. The molecule has 4 N–H and O–H groups in total. The number of nitrogens with zero attached hydrogens (tertiary/aromatic N) is 4. The molecule has 0 amide bonds. The Kier molecular flexibility index (Phi) is 5.95. The van der Waals surface area contributed by atoms with Gasteiger partial charge in [0.25, 0.3) is 0 Å². The Morgan fingerprint density at radius 2 is 2.07 bits per heavy atom. The van der Waals surface area contributed by atoms with Crippen molar-refractivity contribution in [3.8, 4) is 0 Å². The molecular formula is C17H17ClIN5O3S. The molecule has 4 rings (SSSR count). The Labute approximate surface area is 183 Å². The van der Waals surface area contributed by atoms with E-state index in [1.807, 2.05) is 18.2 Å². The van der Waals surface area contributed by atoms with Gasteiger partial charge in [-0.15, -0.1) is 11.8 Å². The van der Waals surface area contributed by atoms with Crippen LogP contribution in [0.2, 0.25) is 5.28 Å². The number of hydrogen-bond acceptors (Lipinski definition) is 8. The summed E-state index contributed by atoms with van der Waals surface area (Å²) in [6.45, 7) is 0.308. The van der Waals surface area contributed by atoms with Crippen molar-refractivity contribution in [1.82, 2.24) is 19.5 Å². The zero-order chi connectivity index (χ0) is 19.8. The van der Waals surface area contributed by atoms with Gasteiger partial charge in [-0.3, -0.25) is 4.57 Å². The van der Waals surface area contributed by atoms with E-state index in [-0.39, 0.29) is 11.9 Å². The quantitative estimate of drug-likeness (QED) is 0.291. The number of aliphatic hydroxyl groups is 3. The predicted molar refractivity (Wildman–Crippen MR) is 116 cm³/mol. The summed E-state index contributed by atoms with van der Waals surface area (Å²) < 4.78 is 2.80. The number of fused-ring (bicyclic) bond motifs is 1. The molecular weight excluding hydrogens is 517 g/mol. The fourth-order valence-electron chi connectivity index (χ4n) is 3.14. The Morgan fingerprint density at radius 3 is 2.79 bits per heavy atom. The van der Waals surface area contributed by atoms with Gasteiger partial charge < -0.3 is 20.6 Å². The molecule has 11 heteroatoms. The fraction of sp³-hybridized carbons (Fsp3) is 0.353. The largest absolute Gasteiger partial charge is 0.395 e. The first-order valence-corrected chi connectivity index (χ1v) is 10.9. The van der Waals surface area contributed by atoms with Crippen molar-refractivity contribution >= 4 is 62.9 Å². The van der Waals surface area contributed by atoms with Crippen LogP contribution in [0.15, 0.2) is 30.6 Å². The third-order valence-electron chi connectivity index (χ3n) is 4.53. The van der Waals surface area contributed by atoms with Gasteiger partial charge in [-0.2, -0.15) is 9.97 Å². The molecule has 28 heavy (non-hydrogen) atoms. The highest BCUT2D eigenvalue weighted by atomic mass is 127. The average molecular weight is 534 g/mol. The lowest BCUT2D eigenvalue weighted by molar-refractivity contribution is 0.0113. The van der Waals surface area contributed by atoms with Crippen LogP contribution in [-0.2, 0) is 6.54 Å². The van der Waals surface area contributed by atoms with Crippen LogP contribution in [0.25, 0.3) is 11.2 Å². The molecule has 4 atom stereocenters. The molecule has 1 aliphatic heterocycles. The van der Waals surface area contributed by atoms with Crippen LogP contribution in [0.3, 0.4) is 0 Å². The van der Waals surface area contributed by atoms with E-state index >= 15 is 0 Å². The van der Waals surface area contributed by atoms with Crippen LogP contribution in [0.4, 0.5) is 5.82 Å². The van der Waals surface area contributed by atoms with E-state index in [1.54, 1.807) is 10.9 Å². The highest BCUT2D eigenvalue weighted by Gasteiger charge is 2.43. The van der Waals surface area contributed by atoms with Gasteiger partial charge in [0.1, 0.15) is 11.5 Å². The number of halogens is 2. The van der Waals surface area contributed by atoms with E-state index in [9.17, 15) is 15.3 Å². The van der Waals surface area contributed by atoms with Crippen LogP contribution in [-0.4, -0.2) is 58.9 Å². The van der Waals surface area contributed by atoms with Gasteiger partial charge in [-0.25, -0.2) is 4.98 Å². The first kappa shape index (κ1) is 20.1. The van der Waals surface area contributed by atoms with Crippen molar-refractivity contribution in [3.63, 3.8) is 0 Å². The van der Waals surface area contributed by atoms with Crippen molar-refractivity contribution < 1.29 is 15.3 Å². The molecule has 1 saturated heterocycles. The molecule has 3 heterocycles. The van der Waals surface area contributed by atoms with E-state index < -0.39 is 22.8 Å². The zero-order valence-electron chi connectivity index (χ0n) is 14.4. The Balaban J connectivity index is 1.65. The molecule has 1 fully saturated rings. The molecule has 0 saturated carbocycles. The molecule has 0 aliphatic carbocycles. The summed E-state index contributed by atoms with van der Waals surface area (Å²) in [4.78, 5) is 12.9. The van der Waals surface area contributed by atoms with E-state index in [0.29, 0.717) is 23.5 Å². The summed E-state index contributed by atoms with van der Waals surface area (Å²) >= 11 is 9.65. The van der Waals surface area contributed by atoms with Gasteiger partial charge in [0.05, 0.1) is 24.3 Å². The highest BCUT2D eigenvalue weighted by Crippen LogP contribution is 2.43. The lowest BCUT2D eigenvalue weighted by atomic mass is 10.1. The zero-order valence-corrected chi connectivity index (χ0v) is 18.1. The van der Waals surface area contributed by atoms with Gasteiger partial charge in [0.15, 0.2) is 17.0 Å². The molecule has 0 bridgehead atoms. The van der Waals surface area contributed by atoms with Crippen molar-refractivity contribution in [2.75, 3.05) is 11.9 Å². The van der Waals surface area contributed by atoms with Crippen LogP contribution < -0.4 is 5.32 Å². The lowest BCUT2D eigenvalue weighted by Crippen LogP contribution is -2.32. The summed E-state index contributed by atoms with van der Waals surface area (Å²) in [7, 11) is 0. The second kappa shape index (κ2) is 8.28. The monoisotopic (exact) mass is 533 g/mol. The van der Waals surface area contributed by atoms with Crippen molar-refractivity contribution in [3.05, 3.63) is 45.0 Å². The number of anilines is 1. The maximum atomic E-state index is 10.4. The SMILES string of the molecule is OC[C@H]1SC(n2cnc3c(NCc4cccc(I)c4)nc(Cl)nc32)C(O)[C@@H]1O. The summed E-state index contributed by atoms with van der Waals surface area (Å²) in [6, 6.07) is 8.07. The number of aliphatic hydroxyl groups excluding tert-OH is 3. The average Bonchev–Trinajstić information content (AvgIpc) is 3.21. The van der Waals surface area contributed by atoms with Crippen molar-refractivity contribution in [2.24, 2.45) is 0 Å². The van der Waals surface area contributed by atoms with Gasteiger partial charge in [0.2, 0.25) is 5.28 Å². The minimum Gasteiger partial charge on any atom is -0.395 e. The second-order valence-corrected chi connectivity index (χ2v) is 9.32. The topological polar surface area (TPSA) is 116 Å². The molecule has 0 radical (unpaired) electrons. The molecule has 3 aromatic rings. The minimum absolute atomic E-state index is 0.0520. The van der Waals surface area contributed by atoms with E-state index in [0.717, 1.165) is 9.13 Å². The molecule has 0 spiro atoms. The van der Waals surface area contributed by atoms with Gasteiger partial charge >= 0.3 is 0 Å². The molecule has 1 aliphatic rings. The number of aromatic nitrogens is 4. The first-order chi connectivity index (χ1) is 13.5. The number of rotatable bonds is 5. The van der Waals surface area contributed by atoms with Crippen LogP contribution in [0.1, 0.15) is 10.9 Å². The second-order valence-electron chi connectivity index (χ2n) is 6.38. The molecule has 8 nitrogen and oxygen atoms in total. The molecule has 1 aromatic carbocycles. The number of nitrogens with one attached hydrogen (secondary N) is 1. The Hall–Kier alpha value is -1.18. The maximum Gasteiger partial charge on any atom is 0.226 e. The van der Waals surface area contributed by atoms with Crippen LogP contribution in [0.5, 0.6) is 0 Å². The Bertz CT molecular complexity index is 1010. The third-order valence-corrected chi connectivity index (χ3v) is 6.94. The molecule has 2 unspecified atom stereocenters. The third kappa shape index (κ3) is 3.81. The van der Waals surface area contributed by atoms with Gasteiger partial charge in [0, 0.05) is 10.1 Å². The smallest absolute Gasteiger partial charge is 0.226 e. The first-order valence-electron chi connectivity index (χ1n) is 8.48. The summed E-state index contributed by atoms with van der Waals surface area (Å²) in [5, 5.41) is 32.2. The predicted octanol–water partition coefficient (Wildman–Crippen LogP) is 2.02. The normalized spacial score (nSPS) is 24.8. The standard InChI is InChI=1S/C17H17ClIN5O3S/c18-17-22-14(20-5-8-2-1-3-9(19)4-8)11-15(23-17)24(7-21-11)16-13(27)12(26)10(6-25)28-16/h1-4,7,10,12-13,16,25-27H,5-6H2,(H,20,22,23)/t10-,12-,13?,16?/m1/s1. The van der Waals surface area contributed by atoms with Crippen molar-refractivity contribution in [2.45, 2.75) is 29.4 Å². The van der Waals surface area contributed by atoms with Gasteiger partial charge in [-0.1, -0.05) is 12.1 Å². The van der Waals surface area contributed by atoms with Crippen molar-refractivity contribution in [1.29, 1.82) is 0 Å². The summed E-state index contributed by atoms with van der Waals surface area (Å²) in [6.07, 6.45) is -0.552. The van der Waals surface area contributed by atoms with E-state index in [2.05, 4.69) is 48.9 Å². The van der Waals surface area contributed by atoms with E-state index in [1.165, 1.54) is 11.8 Å².